The molecule has 0 saturated heterocycles. The Bertz CT molecular complexity index is 2030. The molecule has 166 valence electrons. The van der Waals surface area contributed by atoms with E-state index in [-0.39, 0.29) is 13.6 Å². The summed E-state index contributed by atoms with van der Waals surface area (Å²) in [6, 6.07) is 43.7. The Labute approximate surface area is 215 Å². The van der Waals surface area contributed by atoms with E-state index in [1.54, 1.807) is 0 Å². The Kier molecular flexibility index (Phi) is 3.16. The van der Waals surface area contributed by atoms with Gasteiger partial charge in [0.2, 0.25) is 6.71 Å². The highest BCUT2D eigenvalue weighted by Crippen LogP contribution is 2.47. The van der Waals surface area contributed by atoms with Gasteiger partial charge in [0, 0.05) is 22.1 Å². The minimum absolute atomic E-state index is 0.169. The minimum atomic E-state index is 0.169. The first-order chi connectivity index (χ1) is 18.4. The van der Waals surface area contributed by atoms with Crippen molar-refractivity contribution >= 4 is 95.3 Å². The van der Waals surface area contributed by atoms with Gasteiger partial charge < -0.3 is 4.81 Å². The van der Waals surface area contributed by atoms with Gasteiger partial charge in [-0.05, 0) is 54.2 Å². The van der Waals surface area contributed by atoms with Crippen LogP contribution in [0.4, 0.5) is 11.4 Å². The molecule has 0 amide bonds. The summed E-state index contributed by atoms with van der Waals surface area (Å²) in [7, 11) is 0. The van der Waals surface area contributed by atoms with Crippen LogP contribution in [-0.2, 0) is 0 Å². The highest BCUT2D eigenvalue weighted by atomic mass is 15.1. The number of rotatable bonds is 1. The minimum Gasteiger partial charge on any atom is -0.377 e. The van der Waals surface area contributed by atoms with E-state index in [9.17, 15) is 0 Å². The maximum absolute atomic E-state index is 2.72. The molecule has 0 saturated carbocycles. The molecular formula is C34H19B2N. The van der Waals surface area contributed by atoms with E-state index in [4.69, 9.17) is 0 Å². The van der Waals surface area contributed by atoms with Crippen molar-refractivity contribution in [3.63, 3.8) is 0 Å². The van der Waals surface area contributed by atoms with E-state index in [0.717, 1.165) is 0 Å². The van der Waals surface area contributed by atoms with Crippen LogP contribution in [0.15, 0.2) is 115 Å². The van der Waals surface area contributed by atoms with Crippen molar-refractivity contribution < 1.29 is 0 Å². The van der Waals surface area contributed by atoms with Gasteiger partial charge in [0.25, 0.3) is 0 Å². The maximum Gasteiger partial charge on any atom is 0.329 e. The Morgan fingerprint density at radius 1 is 0.378 bits per heavy atom. The lowest BCUT2D eigenvalue weighted by Gasteiger charge is -2.47. The molecule has 0 aliphatic carbocycles. The average Bonchev–Trinajstić information content (AvgIpc) is 2.96. The third kappa shape index (κ3) is 2.06. The van der Waals surface area contributed by atoms with E-state index < -0.39 is 0 Å². The molecule has 37 heavy (non-hydrogen) atoms. The zero-order chi connectivity index (χ0) is 23.8. The predicted molar refractivity (Wildman–Crippen MR) is 161 cm³/mol. The molecule has 7 aromatic rings. The standard InChI is InChI=1S/C34H19B2N/c1-2-8-24(9-3-1)35-27-18-16-22-14-12-20-6-4-10-25-29(20)31(22)33(27)37-34-28(35)19-17-23-15-13-21-7-5-11-26(36(25)37)30(21)32(23)34/h1-19H. The van der Waals surface area contributed by atoms with Gasteiger partial charge in [-0.25, -0.2) is 0 Å². The van der Waals surface area contributed by atoms with Crippen molar-refractivity contribution in [3.8, 4) is 0 Å². The Morgan fingerprint density at radius 2 is 0.865 bits per heavy atom. The van der Waals surface area contributed by atoms with Crippen LogP contribution in [0.1, 0.15) is 0 Å². The Balaban J connectivity index is 1.53. The van der Waals surface area contributed by atoms with Crippen molar-refractivity contribution in [1.29, 1.82) is 0 Å². The summed E-state index contributed by atoms with van der Waals surface area (Å²) >= 11 is 0. The van der Waals surface area contributed by atoms with Crippen molar-refractivity contribution in [2.75, 3.05) is 4.81 Å². The van der Waals surface area contributed by atoms with Crippen LogP contribution in [-0.4, -0.2) is 13.6 Å². The van der Waals surface area contributed by atoms with Crippen LogP contribution in [0.5, 0.6) is 0 Å². The highest BCUT2D eigenvalue weighted by Gasteiger charge is 2.47. The van der Waals surface area contributed by atoms with Gasteiger partial charge in [-0.3, -0.25) is 0 Å². The third-order valence-corrected chi connectivity index (χ3v) is 9.21. The molecule has 0 unspecified atom stereocenters. The number of fused-ring (bicyclic) bond motifs is 2. The fourth-order valence-corrected chi connectivity index (χ4v) is 7.87. The second-order valence-electron chi connectivity index (χ2n) is 10.8. The molecule has 3 aliphatic rings. The number of benzene rings is 7. The first-order valence-corrected chi connectivity index (χ1v) is 13.2. The molecule has 0 bridgehead atoms. The topological polar surface area (TPSA) is 3.24 Å². The number of hydrogen-bond donors (Lipinski definition) is 0. The van der Waals surface area contributed by atoms with Gasteiger partial charge in [-0.2, -0.15) is 0 Å². The highest BCUT2D eigenvalue weighted by molar-refractivity contribution is 7.03. The molecule has 0 spiro atoms. The summed E-state index contributed by atoms with van der Waals surface area (Å²) in [6.07, 6.45) is 0. The van der Waals surface area contributed by atoms with E-state index >= 15 is 0 Å². The summed E-state index contributed by atoms with van der Waals surface area (Å²) in [5, 5.41) is 11.0. The summed E-state index contributed by atoms with van der Waals surface area (Å²) in [6.45, 7) is 0.376. The lowest BCUT2D eigenvalue weighted by molar-refractivity contribution is 1.43. The molecular weight excluding hydrogens is 444 g/mol. The predicted octanol–water partition coefficient (Wildman–Crippen LogP) is 4.70. The molecule has 0 radical (unpaired) electrons. The van der Waals surface area contributed by atoms with Crippen molar-refractivity contribution in [2.24, 2.45) is 0 Å². The van der Waals surface area contributed by atoms with Gasteiger partial charge >= 0.3 is 6.85 Å². The van der Waals surface area contributed by atoms with E-state index in [0.29, 0.717) is 0 Å². The van der Waals surface area contributed by atoms with Crippen molar-refractivity contribution in [1.82, 2.24) is 0 Å². The monoisotopic (exact) mass is 463 g/mol. The third-order valence-electron chi connectivity index (χ3n) is 9.21. The van der Waals surface area contributed by atoms with Crippen LogP contribution in [0, 0.1) is 0 Å². The normalized spacial score (nSPS) is 14.3. The first kappa shape index (κ1) is 18.7. The van der Waals surface area contributed by atoms with Crippen LogP contribution in [0.3, 0.4) is 0 Å². The molecule has 0 atom stereocenters. The molecule has 0 fully saturated rings. The molecule has 0 aromatic heterocycles. The lowest BCUT2D eigenvalue weighted by Crippen LogP contribution is -2.66. The van der Waals surface area contributed by atoms with Gasteiger partial charge in [-0.15, -0.1) is 0 Å². The number of anilines is 2. The van der Waals surface area contributed by atoms with Crippen molar-refractivity contribution in [3.05, 3.63) is 115 Å². The zero-order valence-corrected chi connectivity index (χ0v) is 20.1. The summed E-state index contributed by atoms with van der Waals surface area (Å²) in [5.41, 5.74) is 9.88. The largest absolute Gasteiger partial charge is 0.377 e. The second kappa shape index (κ2) is 6.25. The van der Waals surface area contributed by atoms with Crippen LogP contribution in [0.2, 0.25) is 0 Å². The van der Waals surface area contributed by atoms with Gasteiger partial charge in [0.05, 0.1) is 0 Å². The SMILES string of the molecule is c1ccc(B2c3ccc4ccc5cccc6c5c4c3N3B6c4cccc5ccc6ccc2c3c6c45)cc1. The summed E-state index contributed by atoms with van der Waals surface area (Å²) in [4.78, 5) is 2.72. The van der Waals surface area contributed by atoms with Crippen molar-refractivity contribution in [2.45, 2.75) is 0 Å². The van der Waals surface area contributed by atoms with E-state index in [1.165, 1.54) is 81.8 Å². The fourth-order valence-electron chi connectivity index (χ4n) is 7.87. The molecule has 7 aromatic carbocycles. The second-order valence-corrected chi connectivity index (χ2v) is 10.8. The first-order valence-electron chi connectivity index (χ1n) is 13.2. The lowest BCUT2D eigenvalue weighted by atomic mass is 9.32. The van der Waals surface area contributed by atoms with Crippen LogP contribution in [0.25, 0.3) is 43.1 Å². The number of nitrogens with zero attached hydrogens (tertiary/aromatic N) is 1. The fraction of sp³-hybridized carbons (Fsp3) is 0. The molecule has 3 heteroatoms. The summed E-state index contributed by atoms with van der Waals surface area (Å²) in [5.74, 6) is 0. The van der Waals surface area contributed by atoms with Gasteiger partial charge in [0.1, 0.15) is 0 Å². The smallest absolute Gasteiger partial charge is 0.329 e. The molecule has 1 nitrogen and oxygen atoms in total. The Hall–Kier alpha value is -4.49. The van der Waals surface area contributed by atoms with E-state index in [2.05, 4.69) is 120 Å². The van der Waals surface area contributed by atoms with Gasteiger partial charge in [-0.1, -0.05) is 121 Å². The van der Waals surface area contributed by atoms with E-state index in [1.807, 2.05) is 0 Å². The summed E-state index contributed by atoms with van der Waals surface area (Å²) < 4.78 is 0. The van der Waals surface area contributed by atoms with Crippen LogP contribution < -0.4 is 32.1 Å². The zero-order valence-electron chi connectivity index (χ0n) is 20.1. The Morgan fingerprint density at radius 3 is 1.41 bits per heavy atom. The van der Waals surface area contributed by atoms with Crippen LogP contribution >= 0.6 is 0 Å². The van der Waals surface area contributed by atoms with Gasteiger partial charge in [0.15, 0.2) is 0 Å². The quantitative estimate of drug-likeness (QED) is 0.252. The number of hydrogen-bond acceptors (Lipinski definition) is 1. The molecule has 3 aliphatic heterocycles. The molecule has 10 rings (SSSR count). The average molecular weight is 463 g/mol. The molecule has 3 heterocycles. The maximum atomic E-state index is 2.72. The molecule has 0 N–H and O–H groups in total.